The summed E-state index contributed by atoms with van der Waals surface area (Å²) >= 11 is 0. The first-order valence-corrected chi connectivity index (χ1v) is 17.0. The smallest absolute Gasteiger partial charge is 0.0831 e. The average Bonchev–Trinajstić information content (AvgIpc) is 3.33. The fraction of sp³-hybridized carbons (Fsp3) is 0.512. The molecule has 1 unspecified atom stereocenters. The topological polar surface area (TPSA) is 15.6 Å². The van der Waals surface area contributed by atoms with Crippen molar-refractivity contribution >= 4 is 17.5 Å². The Bertz CT molecular complexity index is 1480. The molecule has 45 heavy (non-hydrogen) atoms. The molecule has 242 valence electrons. The normalized spacial score (nSPS) is 16.9. The summed E-state index contributed by atoms with van der Waals surface area (Å²) in [5.41, 5.74) is 9.85. The summed E-state index contributed by atoms with van der Waals surface area (Å²) in [4.78, 5) is 0. The predicted molar refractivity (Wildman–Crippen MR) is 199 cm³/mol. The minimum atomic E-state index is 0.118. The van der Waals surface area contributed by atoms with Gasteiger partial charge in [0.2, 0.25) is 0 Å². The van der Waals surface area contributed by atoms with Gasteiger partial charge in [0.05, 0.1) is 17.4 Å². The summed E-state index contributed by atoms with van der Waals surface area (Å²) in [7, 11) is 0. The second kappa shape index (κ2) is 12.6. The Morgan fingerprint density at radius 2 is 1.02 bits per heavy atom. The first kappa shape index (κ1) is 34.7. The minimum absolute atomic E-state index is 0.118. The summed E-state index contributed by atoms with van der Waals surface area (Å²) in [6.45, 7) is 30.2. The van der Waals surface area contributed by atoms with E-state index in [-0.39, 0.29) is 27.7 Å². The van der Waals surface area contributed by atoms with Crippen LogP contribution in [-0.2, 0) is 16.2 Å². The lowest BCUT2D eigenvalue weighted by atomic mass is 9.72. The maximum Gasteiger partial charge on any atom is 0.0831 e. The molecule has 1 heterocycles. The zero-order valence-electron chi connectivity index (χ0n) is 30.7. The van der Waals surface area contributed by atoms with E-state index in [2.05, 4.69) is 180 Å². The van der Waals surface area contributed by atoms with Crippen molar-refractivity contribution in [3.63, 3.8) is 0 Å². The van der Waals surface area contributed by atoms with Gasteiger partial charge < -0.3 is 0 Å². The van der Waals surface area contributed by atoms with Gasteiger partial charge in [0.1, 0.15) is 0 Å². The van der Waals surface area contributed by atoms with Crippen LogP contribution in [0.3, 0.4) is 0 Å². The van der Waals surface area contributed by atoms with Crippen molar-refractivity contribution < 1.29 is 0 Å². The first-order valence-electron chi connectivity index (χ1n) is 17.0. The number of hydrogen-bond donors (Lipinski definition) is 0. The molecule has 0 amide bonds. The first-order chi connectivity index (χ1) is 20.6. The van der Waals surface area contributed by atoms with Gasteiger partial charge in [0.15, 0.2) is 0 Å². The van der Waals surface area contributed by atoms with Gasteiger partial charge >= 0.3 is 0 Å². The lowest BCUT2D eigenvalue weighted by Crippen LogP contribution is -2.25. The van der Waals surface area contributed by atoms with Crippen LogP contribution in [-0.4, -0.2) is 5.71 Å². The van der Waals surface area contributed by atoms with Gasteiger partial charge in [-0.1, -0.05) is 157 Å². The molecule has 4 rings (SSSR count). The van der Waals surface area contributed by atoms with Crippen LogP contribution >= 0.6 is 0 Å². The fourth-order valence-corrected chi connectivity index (χ4v) is 7.50. The van der Waals surface area contributed by atoms with E-state index in [0.29, 0.717) is 5.41 Å². The molecule has 0 spiro atoms. The third kappa shape index (κ3) is 9.21. The van der Waals surface area contributed by atoms with Crippen molar-refractivity contribution in [3.8, 4) is 0 Å². The van der Waals surface area contributed by atoms with Crippen LogP contribution in [0.1, 0.15) is 143 Å². The summed E-state index contributed by atoms with van der Waals surface area (Å²) in [6, 6.07) is 27.6. The van der Waals surface area contributed by atoms with Crippen LogP contribution in [0.25, 0.3) is 6.08 Å². The Morgan fingerprint density at radius 3 is 1.47 bits per heavy atom. The van der Waals surface area contributed by atoms with Crippen LogP contribution in [0, 0.1) is 10.8 Å². The summed E-state index contributed by atoms with van der Waals surface area (Å²) in [5, 5.41) is 7.44. The Labute approximate surface area is 276 Å². The highest BCUT2D eigenvalue weighted by molar-refractivity contribution is 6.01. The van der Waals surface area contributed by atoms with Crippen molar-refractivity contribution in [1.29, 1.82) is 0 Å². The summed E-state index contributed by atoms with van der Waals surface area (Å²) in [6.07, 6.45) is 7.60. The molecule has 1 atom stereocenters. The zero-order chi connectivity index (χ0) is 33.4. The Morgan fingerprint density at radius 1 is 0.578 bits per heavy atom. The van der Waals surface area contributed by atoms with E-state index in [0.717, 1.165) is 30.7 Å². The molecule has 1 aliphatic rings. The molecule has 0 aliphatic carbocycles. The molecule has 0 saturated carbocycles. The molecule has 0 fully saturated rings. The van der Waals surface area contributed by atoms with E-state index in [1.54, 1.807) is 0 Å². The van der Waals surface area contributed by atoms with Crippen LogP contribution in [0.4, 0.5) is 5.69 Å². The Hall–Kier alpha value is -3.13. The highest BCUT2D eigenvalue weighted by Gasteiger charge is 2.31. The molecule has 2 nitrogen and oxygen atoms in total. The van der Waals surface area contributed by atoms with Crippen LogP contribution < -0.4 is 5.01 Å². The number of hydrogen-bond acceptors (Lipinski definition) is 2. The number of anilines is 1. The quantitative estimate of drug-likeness (QED) is 0.250. The lowest BCUT2D eigenvalue weighted by molar-refractivity contribution is 0.283. The number of hydrazone groups is 1. The third-order valence-electron chi connectivity index (χ3n) is 9.11. The molecule has 0 aromatic heterocycles. The SMILES string of the molecule is CC(C)(C)CC(C)(C)c1ccc(C=CC2=NN(c3ccc(C(C)(C)C)cc3)C(c3ccc(C(C)(C)CC(C)(C)C)cc3)C2)cc1. The van der Waals surface area contributed by atoms with Crippen LogP contribution in [0.5, 0.6) is 0 Å². The van der Waals surface area contributed by atoms with Gasteiger partial charge in [-0.3, -0.25) is 5.01 Å². The Kier molecular flexibility index (Phi) is 9.71. The zero-order valence-corrected chi connectivity index (χ0v) is 30.7. The molecule has 3 aromatic rings. The maximum absolute atomic E-state index is 5.20. The third-order valence-corrected chi connectivity index (χ3v) is 9.11. The molecular formula is C43H60N2. The van der Waals surface area contributed by atoms with Gasteiger partial charge in [-0.15, -0.1) is 0 Å². The second-order valence-corrected chi connectivity index (χ2v) is 18.3. The highest BCUT2D eigenvalue weighted by atomic mass is 15.5. The van der Waals surface area contributed by atoms with Gasteiger partial charge in [-0.2, -0.15) is 5.10 Å². The van der Waals surface area contributed by atoms with E-state index in [4.69, 9.17) is 5.10 Å². The predicted octanol–water partition coefficient (Wildman–Crippen LogP) is 12.4. The van der Waals surface area contributed by atoms with E-state index < -0.39 is 0 Å². The molecule has 0 bridgehead atoms. The average molecular weight is 605 g/mol. The van der Waals surface area contributed by atoms with E-state index in [1.807, 2.05) is 0 Å². The summed E-state index contributed by atoms with van der Waals surface area (Å²) in [5.74, 6) is 0. The largest absolute Gasteiger partial charge is 0.257 e. The van der Waals surface area contributed by atoms with Crippen LogP contribution in [0.15, 0.2) is 84.0 Å². The molecule has 0 radical (unpaired) electrons. The monoisotopic (exact) mass is 604 g/mol. The minimum Gasteiger partial charge on any atom is -0.257 e. The van der Waals surface area contributed by atoms with Crippen molar-refractivity contribution in [1.82, 2.24) is 0 Å². The Balaban J connectivity index is 1.60. The van der Waals surface area contributed by atoms with Gasteiger partial charge in [0.25, 0.3) is 0 Å². The van der Waals surface area contributed by atoms with Crippen molar-refractivity contribution in [2.75, 3.05) is 5.01 Å². The van der Waals surface area contributed by atoms with Crippen molar-refractivity contribution in [2.45, 2.75) is 132 Å². The number of rotatable bonds is 8. The number of benzene rings is 3. The molecule has 0 N–H and O–H groups in total. The molecule has 1 aliphatic heterocycles. The van der Waals surface area contributed by atoms with E-state index >= 15 is 0 Å². The molecule has 3 aromatic carbocycles. The number of allylic oxidation sites excluding steroid dienone is 1. The van der Waals surface area contributed by atoms with Gasteiger partial charge in [-0.25, -0.2) is 0 Å². The lowest BCUT2D eigenvalue weighted by Gasteiger charge is -2.33. The molecule has 2 heteroatoms. The van der Waals surface area contributed by atoms with E-state index in [9.17, 15) is 0 Å². The van der Waals surface area contributed by atoms with Gasteiger partial charge in [-0.05, 0) is 85.9 Å². The highest BCUT2D eigenvalue weighted by Crippen LogP contribution is 2.40. The second-order valence-electron chi connectivity index (χ2n) is 18.3. The summed E-state index contributed by atoms with van der Waals surface area (Å²) < 4.78 is 0. The fourth-order valence-electron chi connectivity index (χ4n) is 7.50. The molecule has 0 saturated heterocycles. The number of nitrogens with zero attached hydrogens (tertiary/aromatic N) is 2. The standard InChI is InChI=1S/C43H60N2/c1-39(2,3)29-42(10,11)34-19-14-31(15-20-34)16-25-36-28-38(45(44-36)37-26-23-33(24-27-37)41(7,8)9)32-17-21-35(22-18-32)43(12,13)30-40(4,5)6/h14-27,38H,28-30H2,1-13H3. The molecular weight excluding hydrogens is 544 g/mol. The van der Waals surface area contributed by atoms with Crippen LogP contribution in [0.2, 0.25) is 0 Å². The van der Waals surface area contributed by atoms with E-state index in [1.165, 1.54) is 27.8 Å². The maximum atomic E-state index is 5.20. The van der Waals surface area contributed by atoms with Gasteiger partial charge in [0, 0.05) is 6.42 Å². The van der Waals surface area contributed by atoms with Crippen molar-refractivity contribution in [3.05, 3.63) is 107 Å². The van der Waals surface area contributed by atoms with Crippen molar-refractivity contribution in [2.24, 2.45) is 15.9 Å².